The Balaban J connectivity index is 2.30. The molecule has 0 aliphatic rings. The number of nitrogens with zero attached hydrogens (tertiary/aromatic N) is 1. The number of alkyl halides is 3. The minimum atomic E-state index is -4.65. The van der Waals surface area contributed by atoms with Crippen LogP contribution in [0.25, 0.3) is 10.8 Å². The largest absolute Gasteiger partial charge is 0.459 e. The van der Waals surface area contributed by atoms with E-state index < -0.39 is 35.1 Å². The maximum Gasteiger partial charge on any atom is 0.416 e. The molecule has 0 amide bonds. The molecule has 3 aromatic carbocycles. The van der Waals surface area contributed by atoms with Crippen LogP contribution >= 0.6 is 0 Å². The second kappa shape index (κ2) is 8.43. The smallest absolute Gasteiger partial charge is 0.416 e. The molecule has 31 heavy (non-hydrogen) atoms. The van der Waals surface area contributed by atoms with Crippen molar-refractivity contribution in [1.29, 1.82) is 5.26 Å². The molecule has 0 spiro atoms. The minimum Gasteiger partial charge on any atom is -0.459 e. The number of ether oxygens (including phenoxy) is 1. The van der Waals surface area contributed by atoms with Gasteiger partial charge in [-0.15, -0.1) is 0 Å². The van der Waals surface area contributed by atoms with E-state index in [1.807, 2.05) is 24.3 Å². The van der Waals surface area contributed by atoms with E-state index in [0.29, 0.717) is 10.9 Å². The number of halogens is 3. The van der Waals surface area contributed by atoms with Gasteiger partial charge in [0.05, 0.1) is 11.6 Å². The van der Waals surface area contributed by atoms with Crippen molar-refractivity contribution in [3.63, 3.8) is 0 Å². The van der Waals surface area contributed by atoms with Crippen LogP contribution in [0.3, 0.4) is 0 Å². The van der Waals surface area contributed by atoms with E-state index in [0.717, 1.165) is 11.5 Å². The van der Waals surface area contributed by atoms with Crippen LogP contribution in [-0.4, -0.2) is 11.6 Å². The molecule has 0 aromatic heterocycles. The third-order valence-electron chi connectivity index (χ3n) is 4.89. The fraction of sp³-hybridized carbons (Fsp3) is 0.280. The van der Waals surface area contributed by atoms with Crippen molar-refractivity contribution in [2.75, 3.05) is 0 Å². The average molecular weight is 425 g/mol. The number of hydrogen-bond acceptors (Lipinski definition) is 3. The molecule has 3 rings (SSSR count). The van der Waals surface area contributed by atoms with Crippen LogP contribution in [-0.2, 0) is 15.7 Å². The highest BCUT2D eigenvalue weighted by Crippen LogP contribution is 2.43. The van der Waals surface area contributed by atoms with E-state index in [4.69, 9.17) is 4.74 Å². The number of rotatable bonds is 4. The molecule has 6 heteroatoms. The first-order valence-electron chi connectivity index (χ1n) is 9.79. The second-order valence-electron chi connectivity index (χ2n) is 8.27. The first-order chi connectivity index (χ1) is 14.5. The molecule has 0 saturated heterocycles. The summed E-state index contributed by atoms with van der Waals surface area (Å²) in [6.07, 6.45) is -4.65. The standard InChI is InChI=1S/C25H22F3NO2/c1-24(2,3)31-23(30)20(15-29)22(19-12-6-7-14-21(19)25(26,27)28)18-13-8-10-16-9-4-5-11-17(16)18/h4-14,20,22H,1-3H3. The van der Waals surface area contributed by atoms with Crippen LogP contribution in [0.5, 0.6) is 0 Å². The Kier molecular flexibility index (Phi) is 6.08. The minimum absolute atomic E-state index is 0.135. The molecule has 0 fully saturated rings. The van der Waals surface area contributed by atoms with Crippen LogP contribution in [0.15, 0.2) is 66.7 Å². The lowest BCUT2D eigenvalue weighted by atomic mass is 9.77. The van der Waals surface area contributed by atoms with Crippen molar-refractivity contribution in [2.24, 2.45) is 5.92 Å². The van der Waals surface area contributed by atoms with Gasteiger partial charge in [-0.2, -0.15) is 18.4 Å². The average Bonchev–Trinajstić information content (AvgIpc) is 2.69. The molecule has 0 N–H and O–H groups in total. The summed E-state index contributed by atoms with van der Waals surface area (Å²) in [6, 6.07) is 19.4. The molecule has 160 valence electrons. The number of carbonyl (C=O) groups is 1. The zero-order valence-electron chi connectivity index (χ0n) is 17.4. The molecule has 3 nitrogen and oxygen atoms in total. The first-order valence-corrected chi connectivity index (χ1v) is 9.79. The number of nitriles is 1. The summed E-state index contributed by atoms with van der Waals surface area (Å²) in [4.78, 5) is 12.9. The van der Waals surface area contributed by atoms with E-state index in [1.54, 1.807) is 45.0 Å². The topological polar surface area (TPSA) is 50.1 Å². The van der Waals surface area contributed by atoms with Crippen LogP contribution in [0.4, 0.5) is 13.2 Å². The molecule has 0 aliphatic carbocycles. The maximum absolute atomic E-state index is 13.9. The highest BCUT2D eigenvalue weighted by Gasteiger charge is 2.41. The Morgan fingerprint density at radius 2 is 1.48 bits per heavy atom. The molecule has 0 aliphatic heterocycles. The van der Waals surface area contributed by atoms with Gasteiger partial charge < -0.3 is 4.74 Å². The summed E-state index contributed by atoms with van der Waals surface area (Å²) < 4.78 is 47.0. The van der Waals surface area contributed by atoms with Crippen molar-refractivity contribution in [3.8, 4) is 6.07 Å². The van der Waals surface area contributed by atoms with Gasteiger partial charge >= 0.3 is 12.1 Å². The van der Waals surface area contributed by atoms with Crippen LogP contribution in [0, 0.1) is 17.2 Å². The number of benzene rings is 3. The van der Waals surface area contributed by atoms with Gasteiger partial charge in [-0.05, 0) is 48.7 Å². The quantitative estimate of drug-likeness (QED) is 0.450. The van der Waals surface area contributed by atoms with E-state index in [9.17, 15) is 23.2 Å². The monoisotopic (exact) mass is 425 g/mol. The summed E-state index contributed by atoms with van der Waals surface area (Å²) >= 11 is 0. The van der Waals surface area contributed by atoms with Gasteiger partial charge in [-0.1, -0.05) is 60.7 Å². The Morgan fingerprint density at radius 3 is 2.13 bits per heavy atom. The number of esters is 1. The molecule has 0 radical (unpaired) electrons. The highest BCUT2D eigenvalue weighted by molar-refractivity contribution is 5.88. The number of carbonyl (C=O) groups excluding carboxylic acids is 1. The normalized spacial score (nSPS) is 14.0. The first kappa shape index (κ1) is 22.4. The van der Waals surface area contributed by atoms with Gasteiger partial charge in [0, 0.05) is 5.92 Å². The predicted molar refractivity (Wildman–Crippen MR) is 112 cm³/mol. The molecule has 0 heterocycles. The Hall–Kier alpha value is -3.33. The summed E-state index contributed by atoms with van der Waals surface area (Å²) in [5.74, 6) is -3.48. The third-order valence-corrected chi connectivity index (χ3v) is 4.89. The van der Waals surface area contributed by atoms with Crippen molar-refractivity contribution < 1.29 is 22.7 Å². The fourth-order valence-electron chi connectivity index (χ4n) is 3.70. The zero-order chi connectivity index (χ0) is 22.8. The van der Waals surface area contributed by atoms with Crippen LogP contribution in [0.2, 0.25) is 0 Å². The summed E-state index contributed by atoms with van der Waals surface area (Å²) in [5, 5.41) is 11.4. The van der Waals surface area contributed by atoms with Crippen LogP contribution in [0.1, 0.15) is 43.4 Å². The Morgan fingerprint density at radius 1 is 0.903 bits per heavy atom. The third kappa shape index (κ3) is 4.88. The van der Waals surface area contributed by atoms with Gasteiger partial charge in [-0.3, -0.25) is 4.79 Å². The van der Waals surface area contributed by atoms with Gasteiger partial charge in [0.15, 0.2) is 5.92 Å². The zero-order valence-corrected chi connectivity index (χ0v) is 17.4. The number of hydrogen-bond donors (Lipinski definition) is 0. The molecule has 0 saturated carbocycles. The van der Waals surface area contributed by atoms with Gasteiger partial charge in [0.25, 0.3) is 0 Å². The molecule has 3 aromatic rings. The van der Waals surface area contributed by atoms with E-state index in [2.05, 4.69) is 0 Å². The van der Waals surface area contributed by atoms with Gasteiger partial charge in [0.2, 0.25) is 0 Å². The summed E-state index contributed by atoms with van der Waals surface area (Å²) in [6.45, 7) is 4.95. The molecular formula is C25H22F3NO2. The van der Waals surface area contributed by atoms with E-state index in [-0.39, 0.29) is 5.56 Å². The lowest BCUT2D eigenvalue weighted by molar-refractivity contribution is -0.158. The summed E-state index contributed by atoms with van der Waals surface area (Å²) in [5.41, 5.74) is -1.44. The molecule has 2 atom stereocenters. The lowest BCUT2D eigenvalue weighted by Gasteiger charge is -2.28. The highest BCUT2D eigenvalue weighted by atomic mass is 19.4. The maximum atomic E-state index is 13.9. The second-order valence-corrected chi connectivity index (χ2v) is 8.27. The van der Waals surface area contributed by atoms with E-state index in [1.165, 1.54) is 18.2 Å². The van der Waals surface area contributed by atoms with Crippen molar-refractivity contribution in [1.82, 2.24) is 0 Å². The summed E-state index contributed by atoms with van der Waals surface area (Å²) in [7, 11) is 0. The van der Waals surface area contributed by atoms with Crippen molar-refractivity contribution in [3.05, 3.63) is 83.4 Å². The lowest BCUT2D eigenvalue weighted by Crippen LogP contribution is -2.32. The van der Waals surface area contributed by atoms with Gasteiger partial charge in [-0.25, -0.2) is 0 Å². The molecular weight excluding hydrogens is 403 g/mol. The molecule has 2 unspecified atom stereocenters. The van der Waals surface area contributed by atoms with Crippen LogP contribution < -0.4 is 0 Å². The van der Waals surface area contributed by atoms with Gasteiger partial charge in [0.1, 0.15) is 5.60 Å². The predicted octanol–water partition coefficient (Wildman–Crippen LogP) is 6.47. The SMILES string of the molecule is CC(C)(C)OC(=O)C(C#N)C(c1ccccc1C(F)(F)F)c1cccc2ccccc12. The van der Waals surface area contributed by atoms with Crippen molar-refractivity contribution in [2.45, 2.75) is 38.5 Å². The molecule has 0 bridgehead atoms. The Labute approximate surface area is 179 Å². The number of fused-ring (bicyclic) bond motifs is 1. The van der Waals surface area contributed by atoms with Crippen molar-refractivity contribution >= 4 is 16.7 Å². The fourth-order valence-corrected chi connectivity index (χ4v) is 3.70. The van der Waals surface area contributed by atoms with E-state index >= 15 is 0 Å². The Bertz CT molecular complexity index is 1130.